The third-order valence-electron chi connectivity index (χ3n) is 6.03. The molecule has 2 atom stereocenters. The van der Waals surface area contributed by atoms with Gasteiger partial charge in [0.25, 0.3) is 0 Å². The van der Waals surface area contributed by atoms with Crippen LogP contribution in [0.15, 0.2) is 36.4 Å². The largest absolute Gasteiger partial charge is 0.492 e. The van der Waals surface area contributed by atoms with Crippen molar-refractivity contribution in [2.24, 2.45) is 5.73 Å². The van der Waals surface area contributed by atoms with Crippen LogP contribution in [0, 0.1) is 0 Å². The van der Waals surface area contributed by atoms with Gasteiger partial charge in [0.15, 0.2) is 0 Å². The third-order valence-corrected chi connectivity index (χ3v) is 10.3. The van der Waals surface area contributed by atoms with Crippen LogP contribution in [0.4, 0.5) is 0 Å². The predicted octanol–water partition coefficient (Wildman–Crippen LogP) is 5.23. The number of ether oxygens (including phenoxy) is 1. The molecule has 0 heterocycles. The molecule has 0 saturated carbocycles. The summed E-state index contributed by atoms with van der Waals surface area (Å²) in [6.07, 6.45) is 2.63. The number of aryl methyl sites for hydroxylation is 1. The number of sulfonamides is 1. The van der Waals surface area contributed by atoms with Gasteiger partial charge in [0, 0.05) is 26.6 Å². The van der Waals surface area contributed by atoms with E-state index in [9.17, 15) is 8.42 Å². The molecule has 2 aromatic carbocycles. The summed E-state index contributed by atoms with van der Waals surface area (Å²) in [5, 5.41) is 1.09. The Hall–Kier alpha value is -1.09. The fraction of sp³-hybridized carbons (Fsp3) is 0.500. The van der Waals surface area contributed by atoms with Crippen LogP contribution in [0.5, 0.6) is 5.75 Å². The Morgan fingerprint density at radius 3 is 2.58 bits per heavy atom. The van der Waals surface area contributed by atoms with Gasteiger partial charge in [0.1, 0.15) is 12.4 Å². The summed E-state index contributed by atoms with van der Waals surface area (Å²) in [5.74, 6) is 1.05. The number of nitrogens with one attached hydrogen (secondary N) is 1. The molecule has 5 nitrogen and oxygen atoms in total. The summed E-state index contributed by atoms with van der Waals surface area (Å²) in [6.45, 7) is 7.03. The van der Waals surface area contributed by atoms with Gasteiger partial charge in [0.2, 0.25) is 10.0 Å². The predicted molar refractivity (Wildman–Crippen MR) is 141 cm³/mol. The Morgan fingerprint density at radius 1 is 1.12 bits per heavy atom. The molecule has 0 radical (unpaired) electrons. The first-order valence-corrected chi connectivity index (χ1v) is 17.5. The number of halogens is 2. The molecule has 0 amide bonds. The fourth-order valence-corrected chi connectivity index (χ4v) is 8.43. The van der Waals surface area contributed by atoms with Crippen molar-refractivity contribution < 1.29 is 13.2 Å². The van der Waals surface area contributed by atoms with E-state index in [1.807, 2.05) is 24.3 Å². The number of hydrogen-bond donors (Lipinski definition) is 2. The monoisotopic (exact) mass is 528 g/mol. The normalized spacial score (nSPS) is 18.7. The van der Waals surface area contributed by atoms with E-state index in [4.69, 9.17) is 33.7 Å². The Kier molecular flexibility index (Phi) is 8.92. The highest BCUT2D eigenvalue weighted by atomic mass is 35.5. The Balaban J connectivity index is 1.62. The molecule has 3 rings (SSSR count). The van der Waals surface area contributed by atoms with Gasteiger partial charge in [-0.3, -0.25) is 0 Å². The zero-order valence-corrected chi connectivity index (χ0v) is 22.9. The third kappa shape index (κ3) is 7.97. The average Bonchev–Trinajstić information content (AvgIpc) is 2.74. The lowest BCUT2D eigenvalue weighted by atomic mass is 9.76. The topological polar surface area (TPSA) is 81.4 Å². The lowest BCUT2D eigenvalue weighted by molar-refractivity contribution is 0.321. The van der Waals surface area contributed by atoms with Gasteiger partial charge in [-0.05, 0) is 66.3 Å². The summed E-state index contributed by atoms with van der Waals surface area (Å²) in [4.78, 5) is 0. The molecule has 0 bridgehead atoms. The Morgan fingerprint density at radius 2 is 1.88 bits per heavy atom. The van der Waals surface area contributed by atoms with Crippen LogP contribution in [0.3, 0.4) is 0 Å². The standard InChI is InChI=1S/C24H34Cl2N2O3SSi/c1-33(2,3)13-12-32(29,30)28-10-11-31-19-7-5-18-6-9-24(27)21(20(18)16-19)14-17-4-8-22(25)23(26)15-17/h4-5,7-8,15-16,21,24,28H,6,9-14,27H2,1-3H3. The lowest BCUT2D eigenvalue weighted by Crippen LogP contribution is -2.34. The van der Waals surface area contributed by atoms with E-state index in [-0.39, 0.29) is 30.9 Å². The second-order valence-electron chi connectivity index (χ2n) is 9.99. The van der Waals surface area contributed by atoms with Crippen molar-refractivity contribution in [3.8, 4) is 5.75 Å². The van der Waals surface area contributed by atoms with Crippen LogP contribution >= 0.6 is 23.2 Å². The SMILES string of the molecule is C[Si](C)(C)CCS(=O)(=O)NCCOc1ccc2c(c1)C(Cc1ccc(Cl)c(Cl)c1)C(N)CC2. The van der Waals surface area contributed by atoms with Crippen molar-refractivity contribution in [3.63, 3.8) is 0 Å². The summed E-state index contributed by atoms with van der Waals surface area (Å²) in [7, 11) is -4.68. The second kappa shape index (κ2) is 11.1. The van der Waals surface area contributed by atoms with Crippen molar-refractivity contribution in [2.75, 3.05) is 18.9 Å². The minimum atomic E-state index is -3.27. The maximum atomic E-state index is 12.2. The molecule has 1 aliphatic rings. The zero-order valence-electron chi connectivity index (χ0n) is 19.5. The van der Waals surface area contributed by atoms with Crippen molar-refractivity contribution in [1.82, 2.24) is 4.72 Å². The van der Waals surface area contributed by atoms with E-state index in [1.54, 1.807) is 0 Å². The lowest BCUT2D eigenvalue weighted by Gasteiger charge is -2.32. The van der Waals surface area contributed by atoms with Crippen LogP contribution in [-0.4, -0.2) is 41.4 Å². The minimum Gasteiger partial charge on any atom is -0.492 e. The minimum absolute atomic E-state index is 0.0420. The number of hydrogen-bond acceptors (Lipinski definition) is 4. The van der Waals surface area contributed by atoms with Gasteiger partial charge < -0.3 is 10.5 Å². The van der Waals surface area contributed by atoms with Crippen LogP contribution in [-0.2, 0) is 22.9 Å². The number of rotatable bonds is 10. The van der Waals surface area contributed by atoms with Crippen molar-refractivity contribution in [1.29, 1.82) is 0 Å². The van der Waals surface area contributed by atoms with E-state index in [2.05, 4.69) is 36.5 Å². The maximum Gasteiger partial charge on any atom is 0.211 e. The summed E-state index contributed by atoms with van der Waals surface area (Å²) >= 11 is 12.3. The molecule has 0 fully saturated rings. The quantitative estimate of drug-likeness (QED) is 0.326. The molecular weight excluding hydrogens is 495 g/mol. The smallest absolute Gasteiger partial charge is 0.211 e. The van der Waals surface area contributed by atoms with E-state index in [0.29, 0.717) is 10.0 Å². The number of nitrogens with two attached hydrogens (primary N) is 1. The average molecular weight is 530 g/mol. The summed E-state index contributed by atoms with van der Waals surface area (Å²) in [6, 6.07) is 12.6. The molecule has 0 saturated heterocycles. The summed E-state index contributed by atoms with van der Waals surface area (Å²) in [5.41, 5.74) is 10.1. The summed E-state index contributed by atoms with van der Waals surface area (Å²) < 4.78 is 32.9. The molecule has 2 unspecified atom stereocenters. The highest BCUT2D eigenvalue weighted by Gasteiger charge is 2.28. The van der Waals surface area contributed by atoms with E-state index >= 15 is 0 Å². The molecule has 3 N–H and O–H groups in total. The van der Waals surface area contributed by atoms with Gasteiger partial charge in [-0.2, -0.15) is 0 Å². The first-order chi connectivity index (χ1) is 15.4. The molecule has 182 valence electrons. The van der Waals surface area contributed by atoms with E-state index in [0.717, 1.165) is 36.6 Å². The molecule has 1 aliphatic carbocycles. The molecular formula is C24H34Cl2N2O3SSi. The molecule has 33 heavy (non-hydrogen) atoms. The second-order valence-corrected chi connectivity index (χ2v) is 18.4. The van der Waals surface area contributed by atoms with E-state index in [1.165, 1.54) is 11.1 Å². The first-order valence-electron chi connectivity index (χ1n) is 11.4. The van der Waals surface area contributed by atoms with Gasteiger partial charge >= 0.3 is 0 Å². The molecule has 2 aromatic rings. The number of fused-ring (bicyclic) bond motifs is 1. The van der Waals surface area contributed by atoms with Crippen molar-refractivity contribution in [2.45, 2.75) is 56.9 Å². The van der Waals surface area contributed by atoms with Gasteiger partial charge in [0.05, 0.1) is 15.8 Å². The highest BCUT2D eigenvalue weighted by molar-refractivity contribution is 7.89. The molecule has 0 aliphatic heterocycles. The van der Waals surface area contributed by atoms with Crippen LogP contribution < -0.4 is 15.2 Å². The maximum absolute atomic E-state index is 12.2. The molecule has 9 heteroatoms. The van der Waals surface area contributed by atoms with Crippen LogP contribution in [0.25, 0.3) is 0 Å². The Bertz CT molecular complexity index is 1070. The van der Waals surface area contributed by atoms with E-state index < -0.39 is 18.1 Å². The van der Waals surface area contributed by atoms with Gasteiger partial charge in [-0.25, -0.2) is 13.1 Å². The van der Waals surface area contributed by atoms with Gasteiger partial charge in [-0.15, -0.1) is 0 Å². The fourth-order valence-electron chi connectivity index (χ4n) is 4.05. The Labute approximate surface area is 209 Å². The van der Waals surface area contributed by atoms with Crippen molar-refractivity contribution >= 4 is 41.3 Å². The number of benzene rings is 2. The molecule has 0 spiro atoms. The van der Waals surface area contributed by atoms with Crippen molar-refractivity contribution in [3.05, 3.63) is 63.1 Å². The highest BCUT2D eigenvalue weighted by Crippen LogP contribution is 2.36. The van der Waals surface area contributed by atoms with Crippen LogP contribution in [0.1, 0.15) is 29.0 Å². The first kappa shape index (κ1) is 26.5. The zero-order chi connectivity index (χ0) is 24.2. The molecule has 0 aromatic heterocycles. The van der Waals surface area contributed by atoms with Crippen LogP contribution in [0.2, 0.25) is 35.7 Å². The van der Waals surface area contributed by atoms with Gasteiger partial charge in [-0.1, -0.05) is 55.0 Å².